The van der Waals surface area contributed by atoms with Crippen LogP contribution < -0.4 is 11.3 Å². The van der Waals surface area contributed by atoms with Gasteiger partial charge in [-0.2, -0.15) is 0 Å². The van der Waals surface area contributed by atoms with Gasteiger partial charge in [-0.15, -0.1) is 0 Å². The van der Waals surface area contributed by atoms with Gasteiger partial charge in [-0.1, -0.05) is 103 Å². The fourth-order valence-electron chi connectivity index (χ4n) is 8.33. The molecule has 7 rings (SSSR count). The molecule has 3 fully saturated rings. The number of nitrogen functional groups attached to an aromatic ring is 1. The van der Waals surface area contributed by atoms with Gasteiger partial charge in [-0.3, -0.25) is 27.5 Å². The highest BCUT2D eigenvalue weighted by molar-refractivity contribution is 8.55. The Balaban J connectivity index is 0.971. The third kappa shape index (κ3) is 13.6. The van der Waals surface area contributed by atoms with E-state index in [1.54, 1.807) is 0 Å². The first-order valence-corrected chi connectivity index (χ1v) is 28.1. The number of rotatable bonds is 22. The molecule has 3 aliphatic rings. The number of hydrogen-bond acceptors (Lipinski definition) is 19. The minimum Gasteiger partial charge on any atom is -0.434 e. The van der Waals surface area contributed by atoms with Crippen LogP contribution in [0.25, 0.3) is 22.3 Å². The summed E-state index contributed by atoms with van der Waals surface area (Å²) in [6.45, 7) is -4.06. The Hall–Kier alpha value is -3.64. The average molecular weight is 1020 g/mol. The largest absolute Gasteiger partial charge is 0.509 e. The van der Waals surface area contributed by atoms with Crippen molar-refractivity contribution >= 4 is 60.1 Å². The van der Waals surface area contributed by atoms with Crippen molar-refractivity contribution in [2.45, 2.75) is 159 Å². The monoisotopic (exact) mass is 1020 g/mol. The number of nitrogens with zero attached hydrogens (tertiary/aromatic N) is 7. The lowest BCUT2D eigenvalue weighted by Gasteiger charge is -2.27. The third-order valence-corrected chi connectivity index (χ3v) is 16.3. The molecule has 68 heavy (non-hydrogen) atoms. The van der Waals surface area contributed by atoms with Crippen molar-refractivity contribution in [3.63, 3.8) is 0 Å². The van der Waals surface area contributed by atoms with E-state index in [1.807, 2.05) is 0 Å². The quantitative estimate of drug-likeness (QED) is 0.0289. The van der Waals surface area contributed by atoms with E-state index in [-0.39, 0.29) is 34.8 Å². The van der Waals surface area contributed by atoms with E-state index in [0.717, 1.165) is 49.2 Å². The summed E-state index contributed by atoms with van der Waals surface area (Å²) in [4.78, 5) is 58.6. The molecule has 22 nitrogen and oxygen atoms in total. The highest BCUT2D eigenvalue weighted by Crippen LogP contribution is 2.64. The summed E-state index contributed by atoms with van der Waals surface area (Å²) in [5.41, 5.74) is 5.33. The molecule has 7 heterocycles. The molecule has 0 saturated carbocycles. The summed E-state index contributed by atoms with van der Waals surface area (Å²) in [5.74, 6) is -0.661. The Morgan fingerprint density at radius 2 is 1.40 bits per heavy atom. The summed E-state index contributed by atoms with van der Waals surface area (Å²) in [6.07, 6.45) is 7.45. The van der Waals surface area contributed by atoms with Crippen LogP contribution in [0.2, 0.25) is 0 Å². The lowest BCUT2D eigenvalue weighted by atomic mass is 10.0. The molecule has 0 radical (unpaired) electrons. The number of aromatic nitrogens is 8. The number of H-pyrrole nitrogens is 1. The maximum atomic E-state index is 16.5. The smallest absolute Gasteiger partial charge is 0.434 e. The molecule has 3 saturated heterocycles. The van der Waals surface area contributed by atoms with Crippen molar-refractivity contribution in [2.24, 2.45) is 0 Å². The summed E-state index contributed by atoms with van der Waals surface area (Å²) in [5, 5.41) is 0. The van der Waals surface area contributed by atoms with Crippen LogP contribution in [0.3, 0.4) is 0 Å². The number of hydrogen-bond donors (Lipinski definition) is 3. The fourth-order valence-corrected chi connectivity index (χ4v) is 11.9. The normalized spacial score (nSPS) is 29.0. The van der Waals surface area contributed by atoms with Gasteiger partial charge in [0, 0.05) is 11.4 Å². The van der Waals surface area contributed by atoms with Crippen LogP contribution in [-0.2, 0) is 46.4 Å². The Kier molecular flexibility index (Phi) is 19.2. The highest BCUT2D eigenvalue weighted by Gasteiger charge is 2.54. The molecule has 2 unspecified atom stereocenters. The third-order valence-electron chi connectivity index (χ3n) is 12.0. The molecule has 0 aliphatic carbocycles. The zero-order valence-electron chi connectivity index (χ0n) is 37.9. The maximum absolute atomic E-state index is 16.5. The van der Waals surface area contributed by atoms with E-state index < -0.39 is 101 Å². The molecular formula is C41H61F2N9O13P2S. The highest BCUT2D eigenvalue weighted by atomic mass is 32.7. The van der Waals surface area contributed by atoms with Gasteiger partial charge >= 0.3 is 20.5 Å². The molecule has 0 spiro atoms. The molecule has 378 valence electrons. The van der Waals surface area contributed by atoms with Crippen LogP contribution in [0.1, 0.15) is 122 Å². The van der Waals surface area contributed by atoms with Gasteiger partial charge in [-0.05, 0) is 6.42 Å². The SMILES string of the molecule is CCCCCCCCCCCCCCCCCCOC(=O)OCSP1(=O)OC[C@H]2O[C@@H](n3cnc4c(N)ncnc43)[C@H](F)[C@@H]2OCP(=O)(O)OC[C@H]2O[C@@H](n3cnc4c(=O)[nH]cnc43)[C@H](O1)[C@@H]2F. The first-order valence-electron chi connectivity index (χ1n) is 23.3. The standard InChI is InChI=1S/C41H61F2N9O13P2S/c1-2-3-4-5-6-7-8-9-10-11-12-13-14-15-16-17-18-58-41(54)60-26-68-67(57)62-20-28-33(30(43)39(64-28)51-23-49-31-35(44)45-21-46-36(31)51)59-25-66(55,56)61-19-27-29(42)34(65-67)40(63-27)52-24-50-32-37(52)47-22-48-38(32)53/h21-24,27-30,33-34,39-40H,2-20,25-26H2,1H3,(H,55,56)(H2,44,45,46)(H,47,48,53)/t27-,28-,29-,30-,33-,34-,39-,40-,67?/m1/s1. The second-order valence-corrected chi connectivity index (χ2v) is 22.7. The second-order valence-electron chi connectivity index (χ2n) is 17.0. The average Bonchev–Trinajstić information content (AvgIpc) is 4.09. The van der Waals surface area contributed by atoms with E-state index in [2.05, 4.69) is 36.8 Å². The Bertz CT molecular complexity index is 2400. The van der Waals surface area contributed by atoms with Crippen LogP contribution in [0, 0.1) is 0 Å². The van der Waals surface area contributed by atoms with Crippen molar-refractivity contribution in [3.05, 3.63) is 35.7 Å². The van der Waals surface area contributed by atoms with Crippen LogP contribution in [0.15, 0.2) is 30.1 Å². The van der Waals surface area contributed by atoms with E-state index in [4.69, 9.17) is 43.0 Å². The number of halogens is 2. The van der Waals surface area contributed by atoms with E-state index in [9.17, 15) is 23.6 Å². The van der Waals surface area contributed by atoms with Gasteiger partial charge in [0.05, 0.1) is 38.8 Å². The second kappa shape index (κ2) is 25.0. The summed E-state index contributed by atoms with van der Waals surface area (Å²) < 4.78 is 108. The van der Waals surface area contributed by atoms with Crippen molar-refractivity contribution in [1.29, 1.82) is 0 Å². The van der Waals surface area contributed by atoms with Crippen molar-refractivity contribution in [3.8, 4) is 0 Å². The van der Waals surface area contributed by atoms with Gasteiger partial charge in [0.15, 0.2) is 53.4 Å². The summed E-state index contributed by atoms with van der Waals surface area (Å²) in [6, 6.07) is 0. The molecule has 4 aromatic rings. The number of anilines is 1. The van der Waals surface area contributed by atoms with Crippen molar-refractivity contribution in [1.82, 2.24) is 39.0 Å². The van der Waals surface area contributed by atoms with Crippen molar-refractivity contribution in [2.75, 3.05) is 37.8 Å². The molecule has 4 aromatic heterocycles. The first-order chi connectivity index (χ1) is 32.9. The van der Waals surface area contributed by atoms with Crippen molar-refractivity contribution < 1.29 is 64.9 Å². The predicted octanol–water partition coefficient (Wildman–Crippen LogP) is 8.19. The van der Waals surface area contributed by atoms with Gasteiger partial charge in [0.25, 0.3) is 5.56 Å². The maximum Gasteiger partial charge on any atom is 0.509 e. The molecule has 4 N–H and O–H groups in total. The first kappa shape index (κ1) is 52.2. The number of ether oxygens (including phenoxy) is 5. The zero-order valence-corrected chi connectivity index (χ0v) is 40.5. The predicted molar refractivity (Wildman–Crippen MR) is 244 cm³/mol. The number of nitrogens with two attached hydrogens (primary N) is 1. The Morgan fingerprint density at radius 1 is 0.794 bits per heavy atom. The summed E-state index contributed by atoms with van der Waals surface area (Å²) >= 11 is 0.353. The minimum atomic E-state index is -4.75. The Labute approximate surface area is 395 Å². The van der Waals surface area contributed by atoms with Crippen LogP contribution in [0.5, 0.6) is 0 Å². The van der Waals surface area contributed by atoms with Gasteiger partial charge < -0.3 is 43.8 Å². The zero-order chi connectivity index (χ0) is 48.1. The number of imidazole rings is 2. The van der Waals surface area contributed by atoms with Crippen LogP contribution in [-0.4, -0.2) is 119 Å². The summed E-state index contributed by atoms with van der Waals surface area (Å²) in [7, 11) is -4.75. The topological polar surface area (TPSA) is 278 Å². The molecule has 2 bridgehead atoms. The number of unbranched alkanes of at least 4 members (excludes halogenated alkanes) is 15. The number of nitrogens with one attached hydrogen (secondary N) is 1. The van der Waals surface area contributed by atoms with Gasteiger partial charge in [-0.25, -0.2) is 43.1 Å². The number of alkyl halides is 2. The van der Waals surface area contributed by atoms with E-state index >= 15 is 8.78 Å². The number of fused-ring (bicyclic) bond motifs is 5. The lowest BCUT2D eigenvalue weighted by molar-refractivity contribution is -0.0551. The molecule has 0 amide bonds. The molecule has 3 aliphatic heterocycles. The van der Waals surface area contributed by atoms with Gasteiger partial charge in [0.2, 0.25) is 0 Å². The molecule has 27 heteroatoms. The minimum absolute atomic E-state index is 0.00850. The molecule has 10 atom stereocenters. The van der Waals surface area contributed by atoms with Gasteiger partial charge in [0.1, 0.15) is 42.6 Å². The fraction of sp³-hybridized carbons (Fsp3) is 0.732. The van der Waals surface area contributed by atoms with Crippen LogP contribution >= 0.6 is 25.8 Å². The lowest BCUT2D eigenvalue weighted by Crippen LogP contribution is -2.36. The number of carbonyl (C=O) groups excluding carboxylic acids is 1. The number of carbonyl (C=O) groups is 1. The van der Waals surface area contributed by atoms with E-state index in [0.29, 0.717) is 17.8 Å². The van der Waals surface area contributed by atoms with E-state index in [1.165, 1.54) is 81.5 Å². The molecular weight excluding hydrogens is 959 g/mol. The Morgan fingerprint density at radius 3 is 2.09 bits per heavy atom. The molecule has 0 aromatic carbocycles. The van der Waals surface area contributed by atoms with Crippen LogP contribution in [0.4, 0.5) is 19.4 Å². The number of aromatic amines is 1.